The summed E-state index contributed by atoms with van der Waals surface area (Å²) in [4.78, 5) is 34.2. The number of ether oxygens (including phenoxy) is 1. The molecule has 0 bridgehead atoms. The van der Waals surface area contributed by atoms with Crippen LogP contribution in [0.5, 0.6) is 0 Å². The second kappa shape index (κ2) is 9.37. The third-order valence-electron chi connectivity index (χ3n) is 4.78. The topological polar surface area (TPSA) is 104 Å². The number of anilines is 1. The van der Waals surface area contributed by atoms with E-state index in [1.165, 1.54) is 0 Å². The van der Waals surface area contributed by atoms with Crippen LogP contribution in [0.4, 0.5) is 11.4 Å². The molecule has 1 unspecified atom stereocenters. The van der Waals surface area contributed by atoms with Crippen molar-refractivity contribution in [1.29, 1.82) is 0 Å². The van der Waals surface area contributed by atoms with E-state index in [9.17, 15) is 14.7 Å². The van der Waals surface area contributed by atoms with E-state index in [4.69, 9.17) is 16.3 Å². The van der Waals surface area contributed by atoms with Crippen LogP contribution < -0.4 is 10.2 Å². The Morgan fingerprint density at radius 3 is 2.83 bits per heavy atom. The highest BCUT2D eigenvalue weighted by Gasteiger charge is 2.35. The zero-order valence-electron chi connectivity index (χ0n) is 16.6. The van der Waals surface area contributed by atoms with E-state index < -0.39 is 12.3 Å². The lowest BCUT2D eigenvalue weighted by Crippen LogP contribution is -2.53. The number of aliphatic hydroxyl groups excluding tert-OH is 1. The molecule has 0 aromatic heterocycles. The van der Waals surface area contributed by atoms with E-state index in [-0.39, 0.29) is 11.7 Å². The van der Waals surface area contributed by atoms with Crippen molar-refractivity contribution in [2.24, 2.45) is 9.98 Å². The number of unbranched alkanes of at least 4 members (excludes halogenated alkanes) is 3. The molecular formula is C20H25ClN4O4. The third-order valence-corrected chi connectivity index (χ3v) is 5.19. The highest BCUT2D eigenvalue weighted by Crippen LogP contribution is 2.38. The van der Waals surface area contributed by atoms with Gasteiger partial charge in [0.1, 0.15) is 0 Å². The number of carbonyl (C=O) groups excluding carboxylic acids is 2. The molecule has 2 aliphatic heterocycles. The average Bonchev–Trinajstić information content (AvgIpc) is 2.66. The summed E-state index contributed by atoms with van der Waals surface area (Å²) in [6.07, 6.45) is 2.51. The monoisotopic (exact) mass is 420 g/mol. The smallest absolute Gasteiger partial charge is 0.305 e. The molecule has 0 saturated heterocycles. The number of rotatable bonds is 8. The van der Waals surface area contributed by atoms with Gasteiger partial charge in [-0.1, -0.05) is 24.4 Å². The number of nitrogens with zero attached hydrogens (tertiary/aromatic N) is 3. The summed E-state index contributed by atoms with van der Waals surface area (Å²) in [5.41, 5.74) is 2.46. The molecule has 156 valence electrons. The molecule has 0 aliphatic carbocycles. The minimum atomic E-state index is -1.30. The Bertz CT molecular complexity index is 868. The molecule has 1 atom stereocenters. The minimum absolute atomic E-state index is 0.167. The number of carbonyl (C=O) groups is 2. The second-order valence-corrected chi connectivity index (χ2v) is 7.38. The molecule has 0 fully saturated rings. The predicted octanol–water partition coefficient (Wildman–Crippen LogP) is 2.86. The lowest BCUT2D eigenvalue weighted by Gasteiger charge is -2.34. The number of benzene rings is 1. The largest absolute Gasteiger partial charge is 0.466 e. The molecule has 1 aromatic rings. The third kappa shape index (κ3) is 4.94. The molecule has 9 heteroatoms. The molecule has 0 spiro atoms. The van der Waals surface area contributed by atoms with Gasteiger partial charge in [0.05, 0.1) is 18.0 Å². The summed E-state index contributed by atoms with van der Waals surface area (Å²) < 4.78 is 4.93. The number of hydrogen-bond acceptors (Lipinski definition) is 7. The van der Waals surface area contributed by atoms with Crippen molar-refractivity contribution in [2.75, 3.05) is 18.1 Å². The summed E-state index contributed by atoms with van der Waals surface area (Å²) in [7, 11) is 0. The van der Waals surface area contributed by atoms with Crippen LogP contribution in [0.1, 0.15) is 44.6 Å². The second-order valence-electron chi connectivity index (χ2n) is 6.97. The van der Waals surface area contributed by atoms with Crippen molar-refractivity contribution in [1.82, 2.24) is 5.32 Å². The Kier molecular flexibility index (Phi) is 6.87. The molecule has 0 saturated carbocycles. The number of aliphatic imine (C=N–C) groups is 2. The molecule has 8 nitrogen and oxygen atoms in total. The summed E-state index contributed by atoms with van der Waals surface area (Å²) in [5, 5.41) is 12.8. The number of amidine groups is 1. The van der Waals surface area contributed by atoms with E-state index in [1.54, 1.807) is 6.92 Å². The van der Waals surface area contributed by atoms with E-state index in [2.05, 4.69) is 15.3 Å². The fourth-order valence-corrected chi connectivity index (χ4v) is 3.50. The predicted molar refractivity (Wildman–Crippen MR) is 112 cm³/mol. The van der Waals surface area contributed by atoms with Crippen LogP contribution in [0.3, 0.4) is 0 Å². The van der Waals surface area contributed by atoms with Crippen LogP contribution in [0.25, 0.3) is 0 Å². The van der Waals surface area contributed by atoms with Crippen molar-refractivity contribution < 1.29 is 19.4 Å². The zero-order valence-corrected chi connectivity index (χ0v) is 17.3. The average molecular weight is 421 g/mol. The Balaban J connectivity index is 1.71. The van der Waals surface area contributed by atoms with Gasteiger partial charge in [0.2, 0.25) is 6.35 Å². The van der Waals surface area contributed by atoms with Crippen LogP contribution in [-0.4, -0.2) is 48.0 Å². The number of aryl methyl sites for hydroxylation is 1. The molecule has 2 heterocycles. The first-order valence-electron chi connectivity index (χ1n) is 9.79. The van der Waals surface area contributed by atoms with Gasteiger partial charge >= 0.3 is 5.97 Å². The van der Waals surface area contributed by atoms with Crippen molar-refractivity contribution in [3.8, 4) is 0 Å². The lowest BCUT2D eigenvalue weighted by molar-refractivity contribution is -0.143. The number of nitrogens with one attached hydrogen (secondary N) is 1. The van der Waals surface area contributed by atoms with E-state index >= 15 is 0 Å². The maximum absolute atomic E-state index is 12.3. The normalized spacial score (nSPS) is 17.7. The maximum atomic E-state index is 12.3. The molecule has 29 heavy (non-hydrogen) atoms. The van der Waals surface area contributed by atoms with Crippen LogP contribution in [0.2, 0.25) is 5.02 Å². The van der Waals surface area contributed by atoms with Gasteiger partial charge in [-0.2, -0.15) is 0 Å². The van der Waals surface area contributed by atoms with Gasteiger partial charge in [0.25, 0.3) is 5.91 Å². The molecule has 2 N–H and O–H groups in total. The number of esters is 1. The standard InChI is InChI=1S/C20H25ClN4O4/c1-3-29-16(26)8-6-4-5-7-9-25-15-11-13(21)12(2)10-14(15)22-17-18(25)23-20(28)24-19(17)27/h10-11,20,28H,3-9H2,1-2H3,(H,24,27). The molecule has 1 amide bonds. The first-order chi connectivity index (χ1) is 13.9. The van der Waals surface area contributed by atoms with E-state index in [0.29, 0.717) is 36.1 Å². The number of amides is 1. The molecule has 2 aliphatic rings. The number of aliphatic hydroxyl groups is 1. The lowest BCUT2D eigenvalue weighted by atomic mass is 10.1. The fraction of sp³-hybridized carbons (Fsp3) is 0.500. The summed E-state index contributed by atoms with van der Waals surface area (Å²) >= 11 is 6.31. The molecule has 0 radical (unpaired) electrons. The van der Waals surface area contributed by atoms with Gasteiger partial charge in [0.15, 0.2) is 11.5 Å². The first-order valence-corrected chi connectivity index (χ1v) is 10.2. The van der Waals surface area contributed by atoms with Gasteiger partial charge in [-0.3, -0.25) is 9.59 Å². The van der Waals surface area contributed by atoms with E-state index in [0.717, 1.165) is 36.9 Å². The highest BCUT2D eigenvalue weighted by molar-refractivity contribution is 6.70. The summed E-state index contributed by atoms with van der Waals surface area (Å²) in [5.74, 6) is -0.278. The molecule has 1 aromatic carbocycles. The van der Waals surface area contributed by atoms with Crippen LogP contribution in [0, 0.1) is 6.92 Å². The van der Waals surface area contributed by atoms with Crippen molar-refractivity contribution in [3.05, 3.63) is 22.7 Å². The molecular weight excluding hydrogens is 396 g/mol. The highest BCUT2D eigenvalue weighted by atomic mass is 35.5. The Morgan fingerprint density at radius 2 is 2.07 bits per heavy atom. The van der Waals surface area contributed by atoms with Gasteiger partial charge < -0.3 is 20.1 Å². The fourth-order valence-electron chi connectivity index (χ4n) is 3.34. The Labute approximate surface area is 174 Å². The van der Waals surface area contributed by atoms with Crippen molar-refractivity contribution in [2.45, 2.75) is 52.3 Å². The van der Waals surface area contributed by atoms with Crippen LogP contribution >= 0.6 is 11.6 Å². The Morgan fingerprint density at radius 1 is 1.31 bits per heavy atom. The SMILES string of the molecule is CCOC(=O)CCCCCCN1C2=NC(O)NC(=O)C2=Nc2cc(C)c(Cl)cc21. The summed E-state index contributed by atoms with van der Waals surface area (Å²) in [6, 6.07) is 3.65. The number of halogens is 1. The first kappa shape index (κ1) is 21.3. The van der Waals surface area contributed by atoms with Gasteiger partial charge in [-0.25, -0.2) is 9.98 Å². The summed E-state index contributed by atoms with van der Waals surface area (Å²) in [6.45, 7) is 4.67. The maximum Gasteiger partial charge on any atom is 0.305 e. The number of fused-ring (bicyclic) bond motifs is 2. The van der Waals surface area contributed by atoms with Gasteiger partial charge in [-0.15, -0.1) is 0 Å². The minimum Gasteiger partial charge on any atom is -0.466 e. The number of hydrogen-bond donors (Lipinski definition) is 2. The van der Waals surface area contributed by atoms with Crippen molar-refractivity contribution >= 4 is 46.4 Å². The van der Waals surface area contributed by atoms with Crippen LogP contribution in [-0.2, 0) is 14.3 Å². The zero-order chi connectivity index (χ0) is 21.0. The van der Waals surface area contributed by atoms with Gasteiger partial charge in [-0.05, 0) is 44.4 Å². The quantitative estimate of drug-likeness (QED) is 0.497. The van der Waals surface area contributed by atoms with Gasteiger partial charge in [0, 0.05) is 18.0 Å². The van der Waals surface area contributed by atoms with Crippen molar-refractivity contribution in [3.63, 3.8) is 0 Å². The Hall–Kier alpha value is -2.45. The molecule has 3 rings (SSSR count). The van der Waals surface area contributed by atoms with E-state index in [1.807, 2.05) is 24.0 Å². The van der Waals surface area contributed by atoms with Crippen LogP contribution in [0.15, 0.2) is 22.1 Å².